The Bertz CT molecular complexity index is 549. The molecule has 94 valence electrons. The Hall–Kier alpha value is -1.57. The number of Topliss-reactive ketones (excluding diaryl/α,β-unsaturated/α-hetero) is 1. The lowest BCUT2D eigenvalue weighted by molar-refractivity contribution is 0.0952. The van der Waals surface area contributed by atoms with Gasteiger partial charge in [0, 0.05) is 29.1 Å². The molecular weight excluding hydrogens is 222 g/mol. The second-order valence-electron chi connectivity index (χ2n) is 5.38. The molecule has 2 heteroatoms. The molecule has 0 spiro atoms. The third-order valence-corrected chi connectivity index (χ3v) is 4.09. The Kier molecular flexibility index (Phi) is 3.18. The minimum atomic E-state index is 0.305. The predicted octanol–water partition coefficient (Wildman–Crippen LogP) is 4.32. The molecule has 1 aliphatic rings. The number of H-pyrrole nitrogens is 1. The smallest absolute Gasteiger partial charge is 0.165 e. The van der Waals surface area contributed by atoms with E-state index in [1.807, 2.05) is 30.5 Å². The molecule has 2 nitrogen and oxygen atoms in total. The lowest BCUT2D eigenvalue weighted by Gasteiger charge is -2.20. The lowest BCUT2D eigenvalue weighted by atomic mass is 9.85. The highest BCUT2D eigenvalue weighted by Crippen LogP contribution is 2.29. The summed E-state index contributed by atoms with van der Waals surface area (Å²) in [6, 6.07) is 8.04. The average molecular weight is 241 g/mol. The molecule has 0 saturated heterocycles. The summed E-state index contributed by atoms with van der Waals surface area (Å²) >= 11 is 0. The highest BCUT2D eigenvalue weighted by molar-refractivity contribution is 6.07. The van der Waals surface area contributed by atoms with Crippen LogP contribution in [0.3, 0.4) is 0 Å². The summed E-state index contributed by atoms with van der Waals surface area (Å²) in [6.45, 7) is 0. The fourth-order valence-electron chi connectivity index (χ4n) is 3.07. The first-order valence-electron chi connectivity index (χ1n) is 6.94. The summed E-state index contributed by atoms with van der Waals surface area (Å²) in [4.78, 5) is 15.6. The van der Waals surface area contributed by atoms with Crippen molar-refractivity contribution in [3.8, 4) is 0 Å². The van der Waals surface area contributed by atoms with Crippen LogP contribution < -0.4 is 0 Å². The van der Waals surface area contributed by atoms with Gasteiger partial charge in [-0.15, -0.1) is 0 Å². The number of para-hydroxylation sites is 1. The normalized spacial score (nSPS) is 17.1. The molecule has 0 amide bonds. The summed E-state index contributed by atoms with van der Waals surface area (Å²) < 4.78 is 0. The third-order valence-electron chi connectivity index (χ3n) is 4.09. The first-order chi connectivity index (χ1) is 8.84. The van der Waals surface area contributed by atoms with E-state index >= 15 is 0 Å². The van der Waals surface area contributed by atoms with Crippen molar-refractivity contribution in [2.24, 2.45) is 5.92 Å². The summed E-state index contributed by atoms with van der Waals surface area (Å²) in [7, 11) is 0. The third kappa shape index (κ3) is 2.20. The summed E-state index contributed by atoms with van der Waals surface area (Å²) in [5.41, 5.74) is 1.93. The van der Waals surface area contributed by atoms with Gasteiger partial charge in [0.2, 0.25) is 0 Å². The topological polar surface area (TPSA) is 32.9 Å². The van der Waals surface area contributed by atoms with Crippen LogP contribution in [0, 0.1) is 5.92 Å². The highest BCUT2D eigenvalue weighted by Gasteiger charge is 2.19. The van der Waals surface area contributed by atoms with E-state index in [0.29, 0.717) is 11.7 Å². The number of aromatic nitrogens is 1. The van der Waals surface area contributed by atoms with Gasteiger partial charge in [0.15, 0.2) is 5.78 Å². The van der Waals surface area contributed by atoms with Crippen LogP contribution in [-0.2, 0) is 0 Å². The van der Waals surface area contributed by atoms with Crippen molar-refractivity contribution in [3.63, 3.8) is 0 Å². The number of fused-ring (bicyclic) bond motifs is 1. The molecule has 3 rings (SSSR count). The van der Waals surface area contributed by atoms with E-state index < -0.39 is 0 Å². The van der Waals surface area contributed by atoms with Gasteiger partial charge in [-0.2, -0.15) is 0 Å². The number of nitrogens with one attached hydrogen (secondary N) is 1. The zero-order valence-corrected chi connectivity index (χ0v) is 10.6. The SMILES string of the molecule is O=C(CC1CCCCC1)c1c[nH]c2ccccc12. The number of benzene rings is 1. The van der Waals surface area contributed by atoms with E-state index in [1.165, 1.54) is 32.1 Å². The summed E-state index contributed by atoms with van der Waals surface area (Å²) in [6.07, 6.45) is 9.00. The fourth-order valence-corrected chi connectivity index (χ4v) is 3.07. The van der Waals surface area contributed by atoms with Gasteiger partial charge in [-0.1, -0.05) is 50.3 Å². The van der Waals surface area contributed by atoms with Crippen molar-refractivity contribution in [3.05, 3.63) is 36.0 Å². The van der Waals surface area contributed by atoms with Gasteiger partial charge in [-0.3, -0.25) is 4.79 Å². The summed E-state index contributed by atoms with van der Waals surface area (Å²) in [5, 5.41) is 1.07. The van der Waals surface area contributed by atoms with E-state index in [1.54, 1.807) is 0 Å². The number of aromatic amines is 1. The number of carbonyl (C=O) groups excluding carboxylic acids is 1. The zero-order chi connectivity index (χ0) is 12.4. The maximum absolute atomic E-state index is 12.4. The number of hydrogen-bond donors (Lipinski definition) is 1. The van der Waals surface area contributed by atoms with Crippen LogP contribution in [0.1, 0.15) is 48.9 Å². The minimum Gasteiger partial charge on any atom is -0.360 e. The van der Waals surface area contributed by atoms with Gasteiger partial charge in [0.25, 0.3) is 0 Å². The molecule has 1 heterocycles. The largest absolute Gasteiger partial charge is 0.360 e. The van der Waals surface area contributed by atoms with Crippen LogP contribution >= 0.6 is 0 Å². The van der Waals surface area contributed by atoms with E-state index in [2.05, 4.69) is 4.98 Å². The highest BCUT2D eigenvalue weighted by atomic mass is 16.1. The Morgan fingerprint density at radius 2 is 1.94 bits per heavy atom. The molecule has 1 saturated carbocycles. The van der Waals surface area contributed by atoms with E-state index in [-0.39, 0.29) is 0 Å². The standard InChI is InChI=1S/C16H19NO/c18-16(10-12-6-2-1-3-7-12)14-11-17-15-9-5-4-8-13(14)15/h4-5,8-9,11-12,17H,1-3,6-7,10H2. The maximum Gasteiger partial charge on any atom is 0.165 e. The first-order valence-corrected chi connectivity index (χ1v) is 6.94. The molecule has 1 N–H and O–H groups in total. The number of hydrogen-bond acceptors (Lipinski definition) is 1. The summed E-state index contributed by atoms with van der Waals surface area (Å²) in [5.74, 6) is 0.916. The van der Waals surface area contributed by atoms with Crippen LogP contribution in [0.5, 0.6) is 0 Å². The van der Waals surface area contributed by atoms with Crippen LogP contribution in [0.4, 0.5) is 0 Å². The molecule has 0 atom stereocenters. The molecule has 0 aliphatic heterocycles. The van der Waals surface area contributed by atoms with Gasteiger partial charge in [0.1, 0.15) is 0 Å². The molecular formula is C16H19NO. The van der Waals surface area contributed by atoms with Crippen LogP contribution in [0.25, 0.3) is 10.9 Å². The monoisotopic (exact) mass is 241 g/mol. The molecule has 2 aromatic rings. The minimum absolute atomic E-state index is 0.305. The van der Waals surface area contributed by atoms with Crippen molar-refractivity contribution >= 4 is 16.7 Å². The van der Waals surface area contributed by atoms with Crippen LogP contribution in [0.15, 0.2) is 30.5 Å². The van der Waals surface area contributed by atoms with Crippen molar-refractivity contribution in [1.82, 2.24) is 4.98 Å². The van der Waals surface area contributed by atoms with Gasteiger partial charge in [0.05, 0.1) is 0 Å². The van der Waals surface area contributed by atoms with Crippen molar-refractivity contribution < 1.29 is 4.79 Å². The van der Waals surface area contributed by atoms with Crippen LogP contribution in [-0.4, -0.2) is 10.8 Å². The average Bonchev–Trinajstić information content (AvgIpc) is 2.84. The molecule has 1 aromatic carbocycles. The Morgan fingerprint density at radius 1 is 1.17 bits per heavy atom. The van der Waals surface area contributed by atoms with Gasteiger partial charge in [-0.05, 0) is 12.0 Å². The molecule has 1 fully saturated rings. The Morgan fingerprint density at radius 3 is 2.78 bits per heavy atom. The van der Waals surface area contributed by atoms with Gasteiger partial charge >= 0.3 is 0 Å². The molecule has 1 aliphatic carbocycles. The quantitative estimate of drug-likeness (QED) is 0.797. The number of carbonyl (C=O) groups is 1. The van der Waals surface area contributed by atoms with Gasteiger partial charge < -0.3 is 4.98 Å². The Balaban J connectivity index is 1.79. The van der Waals surface area contributed by atoms with Crippen LogP contribution in [0.2, 0.25) is 0 Å². The van der Waals surface area contributed by atoms with Crippen molar-refractivity contribution in [2.45, 2.75) is 38.5 Å². The van der Waals surface area contributed by atoms with Crippen molar-refractivity contribution in [1.29, 1.82) is 0 Å². The van der Waals surface area contributed by atoms with E-state index in [9.17, 15) is 4.79 Å². The van der Waals surface area contributed by atoms with Crippen molar-refractivity contribution in [2.75, 3.05) is 0 Å². The first kappa shape index (κ1) is 11.5. The number of ketones is 1. The molecule has 0 radical (unpaired) electrons. The maximum atomic E-state index is 12.4. The molecule has 0 bridgehead atoms. The van der Waals surface area contributed by atoms with E-state index in [4.69, 9.17) is 0 Å². The molecule has 0 unspecified atom stereocenters. The fraction of sp³-hybridized carbons (Fsp3) is 0.438. The lowest BCUT2D eigenvalue weighted by Crippen LogP contribution is -2.12. The van der Waals surface area contributed by atoms with Gasteiger partial charge in [-0.25, -0.2) is 0 Å². The second-order valence-corrected chi connectivity index (χ2v) is 5.38. The zero-order valence-electron chi connectivity index (χ0n) is 10.6. The van der Waals surface area contributed by atoms with E-state index in [0.717, 1.165) is 22.9 Å². The second kappa shape index (κ2) is 4.97. The number of rotatable bonds is 3. The molecule has 18 heavy (non-hydrogen) atoms. The molecule has 1 aromatic heterocycles. The predicted molar refractivity (Wildman–Crippen MR) is 73.8 cm³/mol. The Labute approximate surface area is 107 Å².